The average Bonchev–Trinajstić information content (AvgIpc) is 3.29. The third-order valence-corrected chi connectivity index (χ3v) is 8.29. The number of ether oxygens (including phenoxy) is 1. The molecule has 0 bridgehead atoms. The van der Waals surface area contributed by atoms with Gasteiger partial charge < -0.3 is 25.7 Å². The molecule has 0 radical (unpaired) electrons. The monoisotopic (exact) mass is 567 g/mol. The molecule has 6 rings (SSSR count). The van der Waals surface area contributed by atoms with Crippen molar-refractivity contribution in [2.45, 2.75) is 49.2 Å². The fourth-order valence-electron chi connectivity index (χ4n) is 4.97. The maximum atomic E-state index is 12.9. The van der Waals surface area contributed by atoms with Crippen molar-refractivity contribution in [3.63, 3.8) is 0 Å². The van der Waals surface area contributed by atoms with Crippen LogP contribution >= 0.6 is 11.8 Å². The Balaban J connectivity index is 1.22. The summed E-state index contributed by atoms with van der Waals surface area (Å²) in [6.07, 6.45) is 1.88. The van der Waals surface area contributed by atoms with Crippen molar-refractivity contribution in [3.05, 3.63) is 93.9 Å². The Kier molecular flexibility index (Phi) is 7.67. The lowest BCUT2D eigenvalue weighted by molar-refractivity contribution is 0.286. The summed E-state index contributed by atoms with van der Waals surface area (Å²) >= 11 is 1.75. The molecule has 0 unspecified atom stereocenters. The van der Waals surface area contributed by atoms with Crippen LogP contribution in [-0.4, -0.2) is 33.2 Å². The highest BCUT2D eigenvalue weighted by Gasteiger charge is 2.22. The third-order valence-electron chi connectivity index (χ3n) is 7.19. The molecule has 1 aliphatic heterocycles. The molecule has 2 aromatic heterocycles. The first kappa shape index (κ1) is 26.9. The van der Waals surface area contributed by atoms with Gasteiger partial charge in [-0.2, -0.15) is 9.97 Å². The highest BCUT2D eigenvalue weighted by Crippen LogP contribution is 2.48. The zero-order valence-corrected chi connectivity index (χ0v) is 24.0. The molecular formula is C31H33N7O2S. The summed E-state index contributed by atoms with van der Waals surface area (Å²) in [6, 6.07) is 23.5. The van der Waals surface area contributed by atoms with Crippen LogP contribution in [0.4, 0.5) is 17.2 Å². The van der Waals surface area contributed by atoms with E-state index in [0.29, 0.717) is 24.3 Å². The summed E-state index contributed by atoms with van der Waals surface area (Å²) in [7, 11) is 2.09. The van der Waals surface area contributed by atoms with Crippen LogP contribution in [0.2, 0.25) is 0 Å². The summed E-state index contributed by atoms with van der Waals surface area (Å²) in [5, 5.41) is 3.54. The van der Waals surface area contributed by atoms with Crippen molar-refractivity contribution < 1.29 is 4.74 Å². The Morgan fingerprint density at radius 2 is 1.66 bits per heavy atom. The van der Waals surface area contributed by atoms with Crippen molar-refractivity contribution >= 4 is 40.1 Å². The number of hydrogen-bond acceptors (Lipinski definition) is 8. The zero-order valence-electron chi connectivity index (χ0n) is 23.2. The fraction of sp³-hybridized carbons (Fsp3) is 0.258. The highest BCUT2D eigenvalue weighted by atomic mass is 32.2. The first-order chi connectivity index (χ1) is 20.0. The molecule has 3 heterocycles. The number of nitrogen functional groups attached to an aromatic ring is 1. The quantitative estimate of drug-likeness (QED) is 0.191. The van der Waals surface area contributed by atoms with Crippen molar-refractivity contribution in [1.29, 1.82) is 0 Å². The standard InChI is InChI=1S/C31H33N7O2S/c1-3-4-14-40-30-35-28(32)27-29(36-30)38(31(39)34-27)19-22-11-13-24-26(16-22)41-25-15-21(10-12-23(25)37(24)2)18-33-17-20-8-6-5-7-9-20/h5-13,15-16,33H,3-4,14,17-19H2,1-2H3,(H,34,39)(H2,32,35,36). The third kappa shape index (κ3) is 5.66. The summed E-state index contributed by atoms with van der Waals surface area (Å²) in [5.41, 5.74) is 12.5. The Hall–Kier alpha value is -4.28. The Bertz CT molecular complexity index is 1750. The van der Waals surface area contributed by atoms with E-state index < -0.39 is 0 Å². The molecule has 0 aliphatic carbocycles. The van der Waals surface area contributed by atoms with Crippen molar-refractivity contribution in [1.82, 2.24) is 24.8 Å². The van der Waals surface area contributed by atoms with E-state index >= 15 is 0 Å². The van der Waals surface area contributed by atoms with Crippen LogP contribution in [0, 0.1) is 0 Å². The normalized spacial score (nSPS) is 12.4. The van der Waals surface area contributed by atoms with Gasteiger partial charge in [0.2, 0.25) is 0 Å². The van der Waals surface area contributed by atoms with Crippen LogP contribution in [0.3, 0.4) is 0 Å². The molecule has 3 aromatic carbocycles. The summed E-state index contributed by atoms with van der Waals surface area (Å²) in [4.78, 5) is 29.0. The number of unbranched alkanes of at least 4 members (excludes halogenated alkanes) is 1. The lowest BCUT2D eigenvalue weighted by atomic mass is 10.1. The van der Waals surface area contributed by atoms with E-state index in [-0.39, 0.29) is 17.5 Å². The number of fused-ring (bicyclic) bond motifs is 3. The number of nitrogens with two attached hydrogens (primary N) is 1. The van der Waals surface area contributed by atoms with Gasteiger partial charge in [-0.05, 0) is 47.4 Å². The number of nitrogens with zero attached hydrogens (tertiary/aromatic N) is 4. The molecule has 9 nitrogen and oxygen atoms in total. The molecule has 0 fully saturated rings. The van der Waals surface area contributed by atoms with Crippen molar-refractivity contribution in [3.8, 4) is 6.01 Å². The summed E-state index contributed by atoms with van der Waals surface area (Å²) in [5.74, 6) is 0.200. The number of rotatable bonds is 10. The summed E-state index contributed by atoms with van der Waals surface area (Å²) in [6.45, 7) is 4.54. The molecular weight excluding hydrogens is 534 g/mol. The Labute approximate surface area is 242 Å². The van der Waals surface area contributed by atoms with Crippen LogP contribution in [-0.2, 0) is 19.6 Å². The minimum atomic E-state index is -0.285. The second kappa shape index (κ2) is 11.7. The predicted octanol–water partition coefficient (Wildman–Crippen LogP) is 5.45. The largest absolute Gasteiger partial charge is 0.463 e. The molecule has 0 atom stereocenters. The maximum Gasteiger partial charge on any atom is 0.328 e. The number of aromatic amines is 1. The topological polar surface area (TPSA) is 114 Å². The number of aromatic nitrogens is 4. The van der Waals surface area contributed by atoms with Crippen LogP contribution in [0.1, 0.15) is 36.5 Å². The molecule has 210 valence electrons. The van der Waals surface area contributed by atoms with E-state index in [0.717, 1.165) is 42.1 Å². The first-order valence-electron chi connectivity index (χ1n) is 13.8. The minimum Gasteiger partial charge on any atom is -0.463 e. The van der Waals surface area contributed by atoms with E-state index in [1.165, 1.54) is 21.7 Å². The Morgan fingerprint density at radius 3 is 2.41 bits per heavy atom. The minimum absolute atomic E-state index is 0.185. The smallest absolute Gasteiger partial charge is 0.328 e. The van der Waals surface area contributed by atoms with Crippen molar-refractivity contribution in [2.24, 2.45) is 0 Å². The second-order valence-corrected chi connectivity index (χ2v) is 11.2. The van der Waals surface area contributed by atoms with Gasteiger partial charge in [0.1, 0.15) is 5.52 Å². The van der Waals surface area contributed by atoms with Gasteiger partial charge in [0.25, 0.3) is 0 Å². The Morgan fingerprint density at radius 1 is 0.951 bits per heavy atom. The van der Waals surface area contributed by atoms with Gasteiger partial charge in [-0.25, -0.2) is 4.79 Å². The second-order valence-electron chi connectivity index (χ2n) is 10.2. The number of benzene rings is 3. The van der Waals surface area contributed by atoms with Crippen LogP contribution < -0.4 is 26.4 Å². The van der Waals surface area contributed by atoms with Crippen LogP contribution in [0.25, 0.3) is 11.2 Å². The van der Waals surface area contributed by atoms with E-state index in [1.54, 1.807) is 16.3 Å². The molecule has 1 aliphatic rings. The zero-order chi connectivity index (χ0) is 28.3. The van der Waals surface area contributed by atoms with Gasteiger partial charge in [0.15, 0.2) is 11.5 Å². The van der Waals surface area contributed by atoms with E-state index in [2.05, 4.69) is 99.8 Å². The molecule has 4 N–H and O–H groups in total. The average molecular weight is 568 g/mol. The van der Waals surface area contributed by atoms with Crippen LogP contribution in [0.15, 0.2) is 81.3 Å². The molecule has 41 heavy (non-hydrogen) atoms. The SMILES string of the molecule is CCCCOc1nc(N)c2[nH]c(=O)n(Cc3ccc4c(c3)Sc3cc(CNCc5ccccc5)ccc3N4C)c2n1. The summed E-state index contributed by atoms with van der Waals surface area (Å²) < 4.78 is 7.27. The number of hydrogen-bond donors (Lipinski definition) is 3. The van der Waals surface area contributed by atoms with Gasteiger partial charge in [0.05, 0.1) is 24.5 Å². The molecule has 5 aromatic rings. The lowest BCUT2D eigenvalue weighted by Gasteiger charge is -2.30. The van der Waals surface area contributed by atoms with E-state index in [1.807, 2.05) is 6.07 Å². The number of imidazole rings is 1. The van der Waals surface area contributed by atoms with Gasteiger partial charge >= 0.3 is 11.7 Å². The maximum absolute atomic E-state index is 12.9. The number of H-pyrrole nitrogens is 1. The van der Waals surface area contributed by atoms with Gasteiger partial charge in [-0.3, -0.25) is 4.57 Å². The lowest BCUT2D eigenvalue weighted by Crippen LogP contribution is -2.19. The molecule has 0 amide bonds. The number of anilines is 3. The van der Waals surface area contributed by atoms with Gasteiger partial charge in [-0.1, -0.05) is 67.6 Å². The predicted molar refractivity (Wildman–Crippen MR) is 164 cm³/mol. The molecule has 0 spiro atoms. The molecule has 0 saturated carbocycles. The molecule has 0 saturated heterocycles. The first-order valence-corrected chi connectivity index (χ1v) is 14.6. The van der Waals surface area contributed by atoms with E-state index in [4.69, 9.17) is 10.5 Å². The number of nitrogens with one attached hydrogen (secondary N) is 2. The van der Waals surface area contributed by atoms with Gasteiger partial charge in [0, 0.05) is 29.9 Å². The van der Waals surface area contributed by atoms with Gasteiger partial charge in [-0.15, -0.1) is 0 Å². The fourth-order valence-corrected chi connectivity index (χ4v) is 6.25. The van der Waals surface area contributed by atoms with E-state index in [9.17, 15) is 4.79 Å². The van der Waals surface area contributed by atoms with Crippen LogP contribution in [0.5, 0.6) is 6.01 Å². The highest BCUT2D eigenvalue weighted by molar-refractivity contribution is 7.99. The molecule has 10 heteroatoms. The van der Waals surface area contributed by atoms with Crippen molar-refractivity contribution in [2.75, 3.05) is 24.3 Å².